The lowest BCUT2D eigenvalue weighted by Gasteiger charge is -2.37. The van der Waals surface area contributed by atoms with Crippen molar-refractivity contribution < 1.29 is 9.59 Å². The first-order chi connectivity index (χ1) is 22.0. The van der Waals surface area contributed by atoms with Crippen molar-refractivity contribution >= 4 is 29.5 Å². The third-order valence-electron chi connectivity index (χ3n) is 8.03. The van der Waals surface area contributed by atoms with Gasteiger partial charge in [-0.05, 0) is 51.9 Å². The molecule has 0 spiro atoms. The maximum absolute atomic E-state index is 14.5. The van der Waals surface area contributed by atoms with Gasteiger partial charge < -0.3 is 9.80 Å². The van der Waals surface area contributed by atoms with Crippen LogP contribution in [0.5, 0.6) is 0 Å². The number of benzene rings is 3. The Morgan fingerprint density at radius 2 is 1.56 bits per heavy atom. The van der Waals surface area contributed by atoms with Crippen LogP contribution in [0.25, 0.3) is 17.2 Å². The lowest BCUT2D eigenvalue weighted by Crippen LogP contribution is -2.52. The van der Waals surface area contributed by atoms with Gasteiger partial charge >= 0.3 is 0 Å². The average Bonchev–Trinajstić information content (AvgIpc) is 3.10. The van der Waals surface area contributed by atoms with Gasteiger partial charge in [0.25, 0.3) is 0 Å². The van der Waals surface area contributed by atoms with Crippen molar-refractivity contribution in [1.29, 1.82) is 0 Å². The summed E-state index contributed by atoms with van der Waals surface area (Å²) < 4.78 is 0. The van der Waals surface area contributed by atoms with Gasteiger partial charge in [0.2, 0.25) is 11.8 Å². The monoisotopic (exact) mass is 613 g/mol. The molecule has 0 N–H and O–H groups in total. The number of halogens is 1. The fourth-order valence-electron chi connectivity index (χ4n) is 5.60. The van der Waals surface area contributed by atoms with Crippen molar-refractivity contribution in [3.8, 4) is 11.1 Å². The highest BCUT2D eigenvalue weighted by molar-refractivity contribution is 6.29. The van der Waals surface area contributed by atoms with Crippen molar-refractivity contribution in [2.24, 2.45) is 0 Å². The number of hydrogen-bond donors (Lipinski definition) is 0. The molecule has 224 valence electrons. The molecular formula is C37H32ClN5O2. The van der Waals surface area contributed by atoms with Crippen LogP contribution in [0.3, 0.4) is 0 Å². The van der Waals surface area contributed by atoms with Crippen LogP contribution in [0, 0.1) is 0 Å². The van der Waals surface area contributed by atoms with E-state index < -0.39 is 6.04 Å². The Kier molecular flexibility index (Phi) is 9.37. The first-order valence-corrected chi connectivity index (χ1v) is 15.3. The van der Waals surface area contributed by atoms with E-state index in [0.29, 0.717) is 24.7 Å². The van der Waals surface area contributed by atoms with Crippen LogP contribution in [0.1, 0.15) is 27.8 Å². The van der Waals surface area contributed by atoms with Gasteiger partial charge in [0.15, 0.2) is 0 Å². The van der Waals surface area contributed by atoms with Gasteiger partial charge in [-0.2, -0.15) is 0 Å². The summed E-state index contributed by atoms with van der Waals surface area (Å²) in [5, 5.41) is 0.377. The summed E-state index contributed by atoms with van der Waals surface area (Å²) in [7, 11) is 0. The van der Waals surface area contributed by atoms with Crippen LogP contribution in [-0.2, 0) is 35.5 Å². The summed E-state index contributed by atoms with van der Waals surface area (Å²) in [6.07, 6.45) is 11.0. The van der Waals surface area contributed by atoms with Gasteiger partial charge in [0.1, 0.15) is 17.5 Å². The highest BCUT2D eigenvalue weighted by Crippen LogP contribution is 2.24. The van der Waals surface area contributed by atoms with Crippen molar-refractivity contribution in [3.05, 3.63) is 155 Å². The van der Waals surface area contributed by atoms with Crippen LogP contribution < -0.4 is 0 Å². The molecule has 3 heterocycles. The Morgan fingerprint density at radius 1 is 0.822 bits per heavy atom. The van der Waals surface area contributed by atoms with Crippen LogP contribution in [0.15, 0.2) is 122 Å². The highest BCUT2D eigenvalue weighted by Gasteiger charge is 2.34. The summed E-state index contributed by atoms with van der Waals surface area (Å²) in [5.41, 5.74) is 6.90. The fourth-order valence-corrected chi connectivity index (χ4v) is 5.71. The molecule has 45 heavy (non-hydrogen) atoms. The molecule has 3 aromatic carbocycles. The van der Waals surface area contributed by atoms with Gasteiger partial charge in [-0.1, -0.05) is 96.5 Å². The van der Waals surface area contributed by atoms with E-state index in [-0.39, 0.29) is 18.4 Å². The van der Waals surface area contributed by atoms with Crippen LogP contribution in [0.4, 0.5) is 0 Å². The maximum atomic E-state index is 14.5. The van der Waals surface area contributed by atoms with Gasteiger partial charge in [-0.3, -0.25) is 9.59 Å². The second-order valence-electron chi connectivity index (χ2n) is 11.0. The van der Waals surface area contributed by atoms with E-state index in [0.717, 1.165) is 39.8 Å². The number of amides is 2. The molecule has 0 aliphatic carbocycles. The Bertz CT molecular complexity index is 1780. The molecule has 0 fully saturated rings. The summed E-state index contributed by atoms with van der Waals surface area (Å²) in [6.45, 7) is 1.37. The number of pyridine rings is 1. The standard InChI is InChI=1S/C37H32ClN5O2/c38-35-16-12-28(21-41-35)13-17-36(44)43(24-29-10-14-31(15-11-29)33-22-39-26-40-23-33)34(20-27-6-2-1-3-7-27)37(45)42-19-18-30-8-4-5-9-32(30)25-42/h1-17,21-23,26,34H,18-20,24-25H2/b17-13+/t34-/m0/s1. The van der Waals surface area contributed by atoms with Crippen molar-refractivity contribution in [3.63, 3.8) is 0 Å². The number of nitrogens with zero attached hydrogens (tertiary/aromatic N) is 5. The van der Waals surface area contributed by atoms with Crippen molar-refractivity contribution in [2.45, 2.75) is 32.0 Å². The van der Waals surface area contributed by atoms with E-state index >= 15 is 0 Å². The Morgan fingerprint density at radius 3 is 2.29 bits per heavy atom. The summed E-state index contributed by atoms with van der Waals surface area (Å²) in [4.78, 5) is 44.5. The third kappa shape index (κ3) is 7.51. The number of fused-ring (bicyclic) bond motifs is 1. The molecule has 1 aliphatic rings. The van der Waals surface area contributed by atoms with E-state index in [1.165, 1.54) is 18.0 Å². The number of carbonyl (C=O) groups is 2. The van der Waals surface area contributed by atoms with Gasteiger partial charge in [0.05, 0.1) is 0 Å². The van der Waals surface area contributed by atoms with Crippen LogP contribution >= 0.6 is 11.6 Å². The van der Waals surface area contributed by atoms with Crippen LogP contribution in [-0.4, -0.2) is 49.2 Å². The quantitative estimate of drug-likeness (QED) is 0.141. The van der Waals surface area contributed by atoms with E-state index in [9.17, 15) is 9.59 Å². The maximum Gasteiger partial charge on any atom is 0.247 e. The van der Waals surface area contributed by atoms with Crippen molar-refractivity contribution in [1.82, 2.24) is 24.8 Å². The molecule has 0 saturated carbocycles. The number of hydrogen-bond acceptors (Lipinski definition) is 5. The lowest BCUT2D eigenvalue weighted by atomic mass is 9.97. The second kappa shape index (κ2) is 14.1. The summed E-state index contributed by atoms with van der Waals surface area (Å²) >= 11 is 5.96. The Hall–Kier alpha value is -5.14. The molecule has 7 nitrogen and oxygen atoms in total. The molecule has 0 radical (unpaired) electrons. The molecule has 8 heteroatoms. The van der Waals surface area contributed by atoms with Gasteiger partial charge in [-0.15, -0.1) is 0 Å². The summed E-state index contributed by atoms with van der Waals surface area (Å²) in [6, 6.07) is 28.8. The van der Waals surface area contributed by atoms with E-state index in [4.69, 9.17) is 11.6 Å². The average molecular weight is 614 g/mol. The first kappa shape index (κ1) is 29.9. The van der Waals surface area contributed by atoms with E-state index in [1.54, 1.807) is 41.7 Å². The zero-order valence-electron chi connectivity index (χ0n) is 24.7. The lowest BCUT2D eigenvalue weighted by molar-refractivity contribution is -0.144. The predicted octanol–water partition coefficient (Wildman–Crippen LogP) is 6.43. The molecule has 1 aliphatic heterocycles. The minimum atomic E-state index is -0.722. The molecule has 1 atom stereocenters. The summed E-state index contributed by atoms with van der Waals surface area (Å²) in [5.74, 6) is -0.335. The molecule has 0 bridgehead atoms. The van der Waals surface area contributed by atoms with Gasteiger partial charge in [-0.25, -0.2) is 15.0 Å². The van der Waals surface area contributed by atoms with E-state index in [2.05, 4.69) is 27.1 Å². The highest BCUT2D eigenvalue weighted by atomic mass is 35.5. The largest absolute Gasteiger partial charge is 0.336 e. The smallest absolute Gasteiger partial charge is 0.247 e. The minimum absolute atomic E-state index is 0.0682. The number of aromatic nitrogens is 3. The van der Waals surface area contributed by atoms with Gasteiger partial charge in [0, 0.05) is 56.3 Å². The number of rotatable bonds is 9. The molecular weight excluding hydrogens is 582 g/mol. The number of carbonyl (C=O) groups excluding carboxylic acids is 2. The Labute approximate surface area is 267 Å². The third-order valence-corrected chi connectivity index (χ3v) is 8.25. The predicted molar refractivity (Wildman–Crippen MR) is 176 cm³/mol. The molecule has 0 saturated heterocycles. The van der Waals surface area contributed by atoms with E-state index in [1.807, 2.05) is 71.6 Å². The normalized spacial score (nSPS) is 13.3. The molecule has 2 aromatic heterocycles. The second-order valence-corrected chi connectivity index (χ2v) is 11.4. The fraction of sp³-hybridized carbons (Fsp3) is 0.162. The SMILES string of the molecule is O=C([C@H](Cc1ccccc1)N(Cc1ccc(-c2cncnc2)cc1)C(=O)/C=C/c1ccc(Cl)nc1)N1CCc2ccccc2C1. The molecule has 6 rings (SSSR count). The Balaban J connectivity index is 1.34. The molecule has 2 amide bonds. The first-order valence-electron chi connectivity index (χ1n) is 14.9. The van der Waals surface area contributed by atoms with Crippen LogP contribution in [0.2, 0.25) is 5.15 Å². The molecule has 5 aromatic rings. The zero-order chi connectivity index (χ0) is 31.0. The minimum Gasteiger partial charge on any atom is -0.336 e. The topological polar surface area (TPSA) is 79.3 Å². The van der Waals surface area contributed by atoms with Crippen molar-refractivity contribution in [2.75, 3.05) is 6.54 Å². The molecule has 0 unspecified atom stereocenters. The zero-order valence-corrected chi connectivity index (χ0v) is 25.4.